The van der Waals surface area contributed by atoms with Crippen molar-refractivity contribution in [1.82, 2.24) is 15.1 Å². The molecule has 1 aliphatic carbocycles. The molecule has 0 aromatic carbocycles. The van der Waals surface area contributed by atoms with Crippen LogP contribution < -0.4 is 5.32 Å². The van der Waals surface area contributed by atoms with Crippen molar-refractivity contribution in [2.75, 3.05) is 6.54 Å². The van der Waals surface area contributed by atoms with E-state index >= 15 is 0 Å². The summed E-state index contributed by atoms with van der Waals surface area (Å²) in [6.07, 6.45) is 5.33. The average Bonchev–Trinajstić information content (AvgIpc) is 2.89. The van der Waals surface area contributed by atoms with Crippen molar-refractivity contribution in [3.05, 3.63) is 0 Å². The Bertz CT molecular complexity index is 686. The topological polar surface area (TPSA) is 96.0 Å². The van der Waals surface area contributed by atoms with E-state index in [1.165, 1.54) is 0 Å². The number of nitrogens with one attached hydrogen (secondary N) is 1. The van der Waals surface area contributed by atoms with Crippen LogP contribution in [0.15, 0.2) is 0 Å². The van der Waals surface area contributed by atoms with Gasteiger partial charge in [0.05, 0.1) is 0 Å². The monoisotopic (exact) mass is 407 g/mol. The van der Waals surface area contributed by atoms with Gasteiger partial charge in [0, 0.05) is 12.1 Å². The van der Waals surface area contributed by atoms with E-state index in [9.17, 15) is 19.2 Å². The maximum Gasteiger partial charge on any atom is 0.327 e. The van der Waals surface area contributed by atoms with E-state index in [2.05, 4.69) is 5.32 Å². The van der Waals surface area contributed by atoms with E-state index in [0.29, 0.717) is 6.42 Å². The molecule has 1 saturated carbocycles. The second-order valence-electron chi connectivity index (χ2n) is 8.95. The number of piperidine rings is 1. The normalized spacial score (nSPS) is 33.6. The zero-order valence-electron chi connectivity index (χ0n) is 17.9. The van der Waals surface area contributed by atoms with E-state index in [4.69, 9.17) is 4.74 Å². The Morgan fingerprint density at radius 2 is 1.76 bits per heavy atom. The SMILES string of the molecule is C[C@H](OC(=O)CN1C(=O)N[C@]2(CCCC[C@@H]2C)C1=O)C(=O)N1[C@H](C)CCC[C@@H]1C. The average molecular weight is 408 g/mol. The van der Waals surface area contributed by atoms with E-state index in [0.717, 1.165) is 43.4 Å². The molecule has 0 bridgehead atoms. The number of imide groups is 1. The molecular weight excluding hydrogens is 374 g/mol. The molecule has 3 fully saturated rings. The molecule has 1 N–H and O–H groups in total. The number of hydrogen-bond acceptors (Lipinski definition) is 5. The number of rotatable bonds is 4. The highest BCUT2D eigenvalue weighted by atomic mass is 16.5. The van der Waals surface area contributed by atoms with Gasteiger partial charge < -0.3 is 15.0 Å². The summed E-state index contributed by atoms with van der Waals surface area (Å²) in [7, 11) is 0. The molecule has 0 unspecified atom stereocenters. The molecule has 0 aromatic rings. The number of ether oxygens (including phenoxy) is 1. The Balaban J connectivity index is 1.61. The minimum atomic E-state index is -0.950. The van der Waals surface area contributed by atoms with Gasteiger partial charge in [-0.3, -0.25) is 19.3 Å². The fraction of sp³-hybridized carbons (Fsp3) is 0.810. The van der Waals surface area contributed by atoms with Crippen LogP contribution in [0.5, 0.6) is 0 Å². The third kappa shape index (κ3) is 3.98. The Labute approximate surface area is 172 Å². The summed E-state index contributed by atoms with van der Waals surface area (Å²) in [6, 6.07) is -0.352. The first-order valence-corrected chi connectivity index (χ1v) is 10.8. The van der Waals surface area contributed by atoms with Gasteiger partial charge in [0.2, 0.25) is 0 Å². The van der Waals surface area contributed by atoms with Crippen LogP contribution in [-0.2, 0) is 19.1 Å². The molecule has 4 amide bonds. The molecule has 8 heteroatoms. The lowest BCUT2D eigenvalue weighted by Gasteiger charge is -2.40. The van der Waals surface area contributed by atoms with Gasteiger partial charge in [-0.05, 0) is 58.8 Å². The molecule has 2 aliphatic heterocycles. The summed E-state index contributed by atoms with van der Waals surface area (Å²) in [5, 5.41) is 2.82. The fourth-order valence-corrected chi connectivity index (χ4v) is 5.12. The Morgan fingerprint density at radius 1 is 1.10 bits per heavy atom. The summed E-state index contributed by atoms with van der Waals surface area (Å²) in [5.74, 6) is -1.31. The van der Waals surface area contributed by atoms with Gasteiger partial charge in [-0.2, -0.15) is 0 Å². The van der Waals surface area contributed by atoms with Gasteiger partial charge in [0.25, 0.3) is 11.8 Å². The quantitative estimate of drug-likeness (QED) is 0.569. The Kier molecular flexibility index (Phi) is 6.19. The molecule has 1 spiro atoms. The largest absolute Gasteiger partial charge is 0.451 e. The molecule has 5 atom stereocenters. The van der Waals surface area contributed by atoms with E-state index < -0.39 is 30.2 Å². The molecular formula is C21H33N3O5. The van der Waals surface area contributed by atoms with Gasteiger partial charge in [-0.15, -0.1) is 0 Å². The predicted molar refractivity (Wildman–Crippen MR) is 106 cm³/mol. The van der Waals surface area contributed by atoms with Crippen molar-refractivity contribution in [3.8, 4) is 0 Å². The van der Waals surface area contributed by atoms with Crippen LogP contribution in [0.25, 0.3) is 0 Å². The predicted octanol–water partition coefficient (Wildman–Crippen LogP) is 2.21. The standard InChI is InChI=1S/C21H33N3O5/c1-13-8-5-6-11-21(13)19(27)23(20(28)22-21)12-17(25)29-16(4)18(26)24-14(2)9-7-10-15(24)3/h13-16H,5-12H2,1-4H3,(H,22,28)/t13-,14-,15+,16-,21-/m0/s1. The number of urea groups is 1. The van der Waals surface area contributed by atoms with Crippen LogP contribution in [0.1, 0.15) is 72.6 Å². The van der Waals surface area contributed by atoms with E-state index in [-0.39, 0.29) is 29.8 Å². The van der Waals surface area contributed by atoms with E-state index in [1.807, 2.05) is 20.8 Å². The second-order valence-corrected chi connectivity index (χ2v) is 8.95. The number of likely N-dealkylation sites (tertiary alicyclic amines) is 1. The summed E-state index contributed by atoms with van der Waals surface area (Å²) in [6.45, 7) is 7.04. The highest BCUT2D eigenvalue weighted by molar-refractivity contribution is 6.09. The molecule has 0 aromatic heterocycles. The van der Waals surface area contributed by atoms with E-state index in [1.54, 1.807) is 11.8 Å². The lowest BCUT2D eigenvalue weighted by atomic mass is 9.73. The van der Waals surface area contributed by atoms with Crippen LogP contribution in [0, 0.1) is 5.92 Å². The zero-order valence-corrected chi connectivity index (χ0v) is 17.9. The van der Waals surface area contributed by atoms with Crippen LogP contribution in [0.4, 0.5) is 4.79 Å². The number of carbonyl (C=O) groups is 4. The van der Waals surface area contributed by atoms with Gasteiger partial charge in [0.1, 0.15) is 12.1 Å². The first-order chi connectivity index (χ1) is 13.7. The maximum atomic E-state index is 13.0. The first-order valence-electron chi connectivity index (χ1n) is 10.8. The molecule has 3 rings (SSSR count). The van der Waals surface area contributed by atoms with Crippen LogP contribution in [0.3, 0.4) is 0 Å². The number of hydrogen-bond donors (Lipinski definition) is 1. The number of esters is 1. The maximum absolute atomic E-state index is 13.0. The number of amides is 4. The molecule has 0 radical (unpaired) electrons. The highest BCUT2D eigenvalue weighted by Crippen LogP contribution is 2.38. The highest BCUT2D eigenvalue weighted by Gasteiger charge is 2.55. The lowest BCUT2D eigenvalue weighted by Crippen LogP contribution is -2.54. The van der Waals surface area contributed by atoms with Gasteiger partial charge in [-0.1, -0.05) is 19.8 Å². The molecule has 8 nitrogen and oxygen atoms in total. The summed E-state index contributed by atoms with van der Waals surface area (Å²) in [4.78, 5) is 53.3. The third-order valence-electron chi connectivity index (χ3n) is 6.89. The number of carbonyl (C=O) groups excluding carboxylic acids is 4. The van der Waals surface area contributed by atoms with Crippen LogP contribution in [0.2, 0.25) is 0 Å². The van der Waals surface area contributed by atoms with Gasteiger partial charge in [-0.25, -0.2) is 4.79 Å². The van der Waals surface area contributed by atoms with Crippen molar-refractivity contribution >= 4 is 23.8 Å². The zero-order chi connectivity index (χ0) is 21.3. The van der Waals surface area contributed by atoms with Gasteiger partial charge in [0.15, 0.2) is 6.10 Å². The van der Waals surface area contributed by atoms with Crippen molar-refractivity contribution in [2.45, 2.75) is 96.4 Å². The summed E-state index contributed by atoms with van der Waals surface area (Å²) < 4.78 is 5.32. The molecule has 3 aliphatic rings. The molecule has 2 heterocycles. The third-order valence-corrected chi connectivity index (χ3v) is 6.89. The first kappa shape index (κ1) is 21.6. The summed E-state index contributed by atoms with van der Waals surface area (Å²) >= 11 is 0. The van der Waals surface area contributed by atoms with Crippen molar-refractivity contribution in [3.63, 3.8) is 0 Å². The minimum absolute atomic E-state index is 0.0244. The minimum Gasteiger partial charge on any atom is -0.451 e. The fourth-order valence-electron chi connectivity index (χ4n) is 5.12. The molecule has 2 saturated heterocycles. The molecule has 162 valence electrons. The molecule has 29 heavy (non-hydrogen) atoms. The van der Waals surface area contributed by atoms with Crippen molar-refractivity contribution in [1.29, 1.82) is 0 Å². The van der Waals surface area contributed by atoms with Crippen LogP contribution in [-0.4, -0.2) is 63.9 Å². The second kappa shape index (κ2) is 8.32. The Hall–Kier alpha value is -2.12. The number of nitrogens with zero attached hydrogens (tertiary/aromatic N) is 2. The van der Waals surface area contributed by atoms with Crippen molar-refractivity contribution < 1.29 is 23.9 Å². The van der Waals surface area contributed by atoms with Crippen LogP contribution >= 0.6 is 0 Å². The van der Waals surface area contributed by atoms with Gasteiger partial charge >= 0.3 is 12.0 Å². The smallest absolute Gasteiger partial charge is 0.327 e. The Morgan fingerprint density at radius 3 is 2.38 bits per heavy atom. The lowest BCUT2D eigenvalue weighted by molar-refractivity contribution is -0.163. The van der Waals surface area contributed by atoms with Crippen molar-refractivity contribution in [2.24, 2.45) is 5.92 Å². The summed E-state index contributed by atoms with van der Waals surface area (Å²) in [5.41, 5.74) is -0.907.